The van der Waals surface area contributed by atoms with Crippen LogP contribution in [0.15, 0.2) is 0 Å². The van der Waals surface area contributed by atoms with Crippen molar-refractivity contribution >= 4 is 0 Å². The summed E-state index contributed by atoms with van der Waals surface area (Å²) >= 11 is 0. The minimum Gasteiger partial charge on any atom is -0.381 e. The fourth-order valence-electron chi connectivity index (χ4n) is 0.624. The Hall–Kier alpha value is -0.120. The van der Waals surface area contributed by atoms with Gasteiger partial charge in [-0.05, 0) is 13.3 Å². The van der Waals surface area contributed by atoms with Crippen LogP contribution in [-0.2, 0) is 4.74 Å². The quantitative estimate of drug-likeness (QED) is 0.530. The van der Waals surface area contributed by atoms with Crippen LogP contribution in [0.2, 0.25) is 0 Å². The van der Waals surface area contributed by atoms with Crippen LogP contribution in [0.25, 0.3) is 0 Å². The molecular formula is C6H15NO2. The first kappa shape index (κ1) is 8.88. The molecule has 3 heteroatoms. The zero-order valence-electron chi connectivity index (χ0n) is 6.05. The zero-order valence-corrected chi connectivity index (χ0v) is 6.05. The van der Waals surface area contributed by atoms with Gasteiger partial charge in [0.05, 0.1) is 6.73 Å². The third-order valence-electron chi connectivity index (χ3n) is 1.06. The third kappa shape index (κ3) is 4.39. The van der Waals surface area contributed by atoms with E-state index in [0.29, 0.717) is 6.61 Å². The maximum absolute atomic E-state index is 8.40. The van der Waals surface area contributed by atoms with E-state index < -0.39 is 0 Å². The molecule has 0 heterocycles. The lowest BCUT2D eigenvalue weighted by molar-refractivity contribution is 0.0177. The first-order valence-corrected chi connectivity index (χ1v) is 3.31. The predicted molar refractivity (Wildman–Crippen MR) is 35.9 cm³/mol. The maximum Gasteiger partial charge on any atom is 0.109 e. The van der Waals surface area contributed by atoms with Crippen molar-refractivity contribution in [3.8, 4) is 0 Å². The molecule has 0 aliphatic heterocycles. The van der Waals surface area contributed by atoms with E-state index in [1.165, 1.54) is 0 Å². The van der Waals surface area contributed by atoms with E-state index in [0.717, 1.165) is 6.42 Å². The molecule has 0 fully saturated rings. The first-order chi connectivity index (χ1) is 4.35. The van der Waals surface area contributed by atoms with Crippen LogP contribution >= 0.6 is 0 Å². The highest BCUT2D eigenvalue weighted by Gasteiger charge is 2.00. The van der Waals surface area contributed by atoms with E-state index in [-0.39, 0.29) is 13.0 Å². The molecule has 0 radical (unpaired) electrons. The van der Waals surface area contributed by atoms with Crippen molar-refractivity contribution in [3.05, 3.63) is 0 Å². The zero-order chi connectivity index (χ0) is 7.11. The monoisotopic (exact) mass is 133 g/mol. The van der Waals surface area contributed by atoms with Gasteiger partial charge < -0.3 is 9.84 Å². The normalized spacial score (nSPS) is 13.7. The molecule has 1 unspecified atom stereocenters. The summed E-state index contributed by atoms with van der Waals surface area (Å²) in [5, 5.41) is 11.2. The number of hydrogen-bond donors (Lipinski definition) is 2. The highest BCUT2D eigenvalue weighted by Crippen LogP contribution is 1.90. The molecule has 0 bridgehead atoms. The van der Waals surface area contributed by atoms with E-state index in [2.05, 4.69) is 5.32 Å². The molecule has 0 aromatic carbocycles. The lowest BCUT2D eigenvalue weighted by Crippen LogP contribution is -2.31. The summed E-state index contributed by atoms with van der Waals surface area (Å²) in [4.78, 5) is 0. The first-order valence-electron chi connectivity index (χ1n) is 3.31. The Bertz CT molecular complexity index is 53.0. The van der Waals surface area contributed by atoms with Crippen molar-refractivity contribution in [2.45, 2.75) is 26.5 Å². The van der Waals surface area contributed by atoms with Crippen LogP contribution in [0, 0.1) is 0 Å². The van der Waals surface area contributed by atoms with E-state index >= 15 is 0 Å². The Morgan fingerprint density at radius 1 is 1.56 bits per heavy atom. The Morgan fingerprint density at radius 3 is 2.56 bits per heavy atom. The molecule has 0 saturated carbocycles. The predicted octanol–water partition coefficient (Wildman–Crippen LogP) is 0.298. The summed E-state index contributed by atoms with van der Waals surface area (Å²) in [5.74, 6) is 0. The van der Waals surface area contributed by atoms with Crippen molar-refractivity contribution in [2.24, 2.45) is 0 Å². The third-order valence-corrected chi connectivity index (χ3v) is 1.06. The standard InChI is InChI=1S/C6H15NO2/c1-3-6(7-5-8)9-4-2/h6-8H,3-5H2,1-2H3. The van der Waals surface area contributed by atoms with Gasteiger partial charge in [-0.1, -0.05) is 6.92 Å². The van der Waals surface area contributed by atoms with Crippen molar-refractivity contribution < 1.29 is 9.84 Å². The van der Waals surface area contributed by atoms with Gasteiger partial charge in [0, 0.05) is 6.61 Å². The molecule has 2 N–H and O–H groups in total. The fraction of sp³-hybridized carbons (Fsp3) is 1.00. The fourth-order valence-corrected chi connectivity index (χ4v) is 0.624. The minimum atomic E-state index is -0.0154. The van der Waals surface area contributed by atoms with Gasteiger partial charge in [-0.2, -0.15) is 0 Å². The number of nitrogens with one attached hydrogen (secondary N) is 1. The van der Waals surface area contributed by atoms with Crippen LogP contribution in [0.4, 0.5) is 0 Å². The number of aliphatic hydroxyl groups is 1. The largest absolute Gasteiger partial charge is 0.381 e. The van der Waals surface area contributed by atoms with Crippen LogP contribution in [0.5, 0.6) is 0 Å². The summed E-state index contributed by atoms with van der Waals surface area (Å²) < 4.78 is 5.16. The van der Waals surface area contributed by atoms with Crippen LogP contribution in [-0.4, -0.2) is 24.7 Å². The van der Waals surface area contributed by atoms with Crippen molar-refractivity contribution in [1.29, 1.82) is 0 Å². The molecule has 0 aromatic heterocycles. The average molecular weight is 133 g/mol. The topological polar surface area (TPSA) is 41.5 Å². The number of aliphatic hydroxyl groups excluding tert-OH is 1. The van der Waals surface area contributed by atoms with Crippen molar-refractivity contribution in [2.75, 3.05) is 13.3 Å². The van der Waals surface area contributed by atoms with Gasteiger partial charge in [0.25, 0.3) is 0 Å². The molecule has 0 rings (SSSR count). The summed E-state index contributed by atoms with van der Waals surface area (Å²) in [6.07, 6.45) is 0.897. The van der Waals surface area contributed by atoms with Crippen LogP contribution < -0.4 is 5.32 Å². The molecule has 9 heavy (non-hydrogen) atoms. The van der Waals surface area contributed by atoms with Gasteiger partial charge in [0.1, 0.15) is 6.23 Å². The van der Waals surface area contributed by atoms with Crippen molar-refractivity contribution in [3.63, 3.8) is 0 Å². The molecule has 3 nitrogen and oxygen atoms in total. The number of hydrogen-bond acceptors (Lipinski definition) is 3. The molecule has 0 aliphatic carbocycles. The van der Waals surface area contributed by atoms with Gasteiger partial charge >= 0.3 is 0 Å². The minimum absolute atomic E-state index is 0.0139. The highest BCUT2D eigenvalue weighted by molar-refractivity contribution is 4.46. The highest BCUT2D eigenvalue weighted by atomic mass is 16.5. The summed E-state index contributed by atoms with van der Waals surface area (Å²) in [7, 11) is 0. The van der Waals surface area contributed by atoms with E-state index in [4.69, 9.17) is 9.84 Å². The van der Waals surface area contributed by atoms with Crippen LogP contribution in [0.3, 0.4) is 0 Å². The van der Waals surface area contributed by atoms with Gasteiger partial charge in [-0.25, -0.2) is 0 Å². The lowest BCUT2D eigenvalue weighted by Gasteiger charge is -2.13. The van der Waals surface area contributed by atoms with Gasteiger partial charge in [-0.3, -0.25) is 5.32 Å². The summed E-state index contributed by atoms with van der Waals surface area (Å²) in [5.41, 5.74) is 0. The molecule has 56 valence electrons. The second-order valence-corrected chi connectivity index (χ2v) is 1.71. The van der Waals surface area contributed by atoms with Crippen molar-refractivity contribution in [1.82, 2.24) is 5.32 Å². The average Bonchev–Trinajstić information content (AvgIpc) is 1.88. The van der Waals surface area contributed by atoms with Crippen LogP contribution in [0.1, 0.15) is 20.3 Å². The Morgan fingerprint density at radius 2 is 2.22 bits per heavy atom. The lowest BCUT2D eigenvalue weighted by atomic mass is 10.4. The van der Waals surface area contributed by atoms with E-state index in [9.17, 15) is 0 Å². The molecule has 0 spiro atoms. The Balaban J connectivity index is 3.18. The molecular weight excluding hydrogens is 118 g/mol. The smallest absolute Gasteiger partial charge is 0.109 e. The summed E-state index contributed by atoms with van der Waals surface area (Å²) in [6.45, 7) is 4.61. The number of rotatable bonds is 5. The Labute approximate surface area is 56.0 Å². The van der Waals surface area contributed by atoms with Gasteiger partial charge in [-0.15, -0.1) is 0 Å². The molecule has 1 atom stereocenters. The second-order valence-electron chi connectivity index (χ2n) is 1.71. The molecule has 0 aliphatic rings. The van der Waals surface area contributed by atoms with E-state index in [1.807, 2.05) is 13.8 Å². The molecule has 0 amide bonds. The molecule has 0 saturated heterocycles. The second kappa shape index (κ2) is 6.01. The van der Waals surface area contributed by atoms with Gasteiger partial charge in [0.15, 0.2) is 0 Å². The van der Waals surface area contributed by atoms with E-state index in [1.54, 1.807) is 0 Å². The SMILES string of the molecule is CCOC(CC)NCO. The Kier molecular flexibility index (Phi) is 5.93. The molecule has 0 aromatic rings. The number of ether oxygens (including phenoxy) is 1. The summed E-state index contributed by atoms with van der Waals surface area (Å²) in [6, 6.07) is 0. The van der Waals surface area contributed by atoms with Gasteiger partial charge in [0.2, 0.25) is 0 Å². The maximum atomic E-state index is 8.40.